The van der Waals surface area contributed by atoms with Gasteiger partial charge in [0.25, 0.3) is 5.91 Å². The van der Waals surface area contributed by atoms with Crippen molar-refractivity contribution in [3.05, 3.63) is 59.5 Å². The Morgan fingerprint density at radius 2 is 1.80 bits per heavy atom. The molecular weight excluding hydrogens is 258 g/mol. The minimum atomic E-state index is -1.20. The van der Waals surface area contributed by atoms with Gasteiger partial charge < -0.3 is 14.8 Å². The molecule has 1 amide bonds. The molecule has 5 nitrogen and oxygen atoms in total. The monoisotopic (exact) mass is 273 g/mol. The first kappa shape index (κ1) is 13.9. The fraction of sp³-hybridized carbons (Fsp3) is 0.200. The van der Waals surface area contributed by atoms with E-state index in [0.717, 1.165) is 12.0 Å². The molecule has 2 N–H and O–H groups in total. The number of hydrogen-bond acceptors (Lipinski definition) is 3. The predicted octanol–water partition coefficient (Wildman–Crippen LogP) is 2.86. The second kappa shape index (κ2) is 6.06. The van der Waals surface area contributed by atoms with Crippen LogP contribution in [0.2, 0.25) is 0 Å². The molecule has 0 saturated heterocycles. The summed E-state index contributed by atoms with van der Waals surface area (Å²) in [4.78, 5) is 22.7. The summed E-state index contributed by atoms with van der Waals surface area (Å²) in [6.07, 6.45) is 0.724. The van der Waals surface area contributed by atoms with E-state index in [0.29, 0.717) is 0 Å². The first-order chi connectivity index (χ1) is 9.61. The van der Waals surface area contributed by atoms with Gasteiger partial charge in [-0.2, -0.15) is 0 Å². The fourth-order valence-electron chi connectivity index (χ4n) is 1.91. The molecule has 1 unspecified atom stereocenters. The lowest BCUT2D eigenvalue weighted by atomic mass is 10.0. The molecule has 0 bridgehead atoms. The second-order valence-electron chi connectivity index (χ2n) is 4.31. The van der Waals surface area contributed by atoms with E-state index < -0.39 is 11.9 Å². The first-order valence-corrected chi connectivity index (χ1v) is 6.30. The number of carboxylic acid groups (broad SMARTS) is 1. The molecule has 1 aromatic carbocycles. The average Bonchev–Trinajstić information content (AvgIpc) is 2.95. The highest BCUT2D eigenvalue weighted by molar-refractivity contribution is 5.93. The Hall–Kier alpha value is -2.56. The van der Waals surface area contributed by atoms with Gasteiger partial charge in [-0.05, 0) is 24.1 Å². The fourth-order valence-corrected chi connectivity index (χ4v) is 1.91. The molecule has 104 valence electrons. The van der Waals surface area contributed by atoms with E-state index in [1.165, 1.54) is 12.1 Å². The molecule has 1 aromatic heterocycles. The van der Waals surface area contributed by atoms with Crippen molar-refractivity contribution in [2.75, 3.05) is 0 Å². The Labute approximate surface area is 116 Å². The zero-order valence-electron chi connectivity index (χ0n) is 11.0. The summed E-state index contributed by atoms with van der Waals surface area (Å²) in [5.41, 5.74) is 0.994. The summed E-state index contributed by atoms with van der Waals surface area (Å²) in [5, 5.41) is 11.6. The van der Waals surface area contributed by atoms with E-state index in [2.05, 4.69) is 5.32 Å². The summed E-state index contributed by atoms with van der Waals surface area (Å²) < 4.78 is 4.98. The number of rotatable bonds is 5. The van der Waals surface area contributed by atoms with Crippen molar-refractivity contribution in [3.8, 4) is 0 Å². The van der Waals surface area contributed by atoms with Gasteiger partial charge in [-0.3, -0.25) is 4.79 Å². The van der Waals surface area contributed by atoms with Crippen molar-refractivity contribution in [2.45, 2.75) is 19.4 Å². The molecule has 2 aromatic rings. The summed E-state index contributed by atoms with van der Waals surface area (Å²) in [6.45, 7) is 1.96. The third-order valence-electron chi connectivity index (χ3n) is 2.96. The van der Waals surface area contributed by atoms with Crippen LogP contribution in [0.5, 0.6) is 0 Å². The molecule has 0 spiro atoms. The van der Waals surface area contributed by atoms with Crippen LogP contribution in [0.15, 0.2) is 46.9 Å². The third-order valence-corrected chi connectivity index (χ3v) is 2.96. The van der Waals surface area contributed by atoms with Gasteiger partial charge in [-0.15, -0.1) is 0 Å². The standard InChI is InChI=1S/C15H15NO4/c1-2-11(10-6-4-3-5-7-10)16-14(17)12-8-9-13(20-12)15(18)19/h3-9,11H,2H2,1H3,(H,16,17)(H,18,19). The van der Waals surface area contributed by atoms with Crippen LogP contribution >= 0.6 is 0 Å². The quantitative estimate of drug-likeness (QED) is 0.877. The minimum Gasteiger partial charge on any atom is -0.475 e. The van der Waals surface area contributed by atoms with Gasteiger partial charge in [-0.1, -0.05) is 37.3 Å². The van der Waals surface area contributed by atoms with Crippen molar-refractivity contribution in [2.24, 2.45) is 0 Å². The maximum atomic E-state index is 12.0. The SMILES string of the molecule is CCC(NC(=O)c1ccc(C(=O)O)o1)c1ccccc1. The Morgan fingerprint density at radius 3 is 2.35 bits per heavy atom. The number of hydrogen-bond donors (Lipinski definition) is 2. The van der Waals surface area contributed by atoms with Gasteiger partial charge in [0.2, 0.25) is 5.76 Å². The topological polar surface area (TPSA) is 79.5 Å². The van der Waals surface area contributed by atoms with Gasteiger partial charge in [0.15, 0.2) is 5.76 Å². The Balaban J connectivity index is 2.11. The maximum Gasteiger partial charge on any atom is 0.371 e. The normalized spacial score (nSPS) is 11.8. The largest absolute Gasteiger partial charge is 0.475 e. The zero-order chi connectivity index (χ0) is 14.5. The smallest absolute Gasteiger partial charge is 0.371 e. The van der Waals surface area contributed by atoms with Crippen LogP contribution in [-0.2, 0) is 0 Å². The Kier molecular flexibility index (Phi) is 4.20. The van der Waals surface area contributed by atoms with E-state index in [4.69, 9.17) is 9.52 Å². The summed E-state index contributed by atoms with van der Waals surface area (Å²) >= 11 is 0. The highest BCUT2D eigenvalue weighted by Gasteiger charge is 2.18. The molecule has 0 saturated carbocycles. The molecular formula is C15H15NO4. The van der Waals surface area contributed by atoms with Crippen LogP contribution < -0.4 is 5.32 Å². The molecule has 0 radical (unpaired) electrons. The van der Waals surface area contributed by atoms with Crippen molar-refractivity contribution < 1.29 is 19.1 Å². The zero-order valence-corrected chi connectivity index (χ0v) is 11.0. The summed E-state index contributed by atoms with van der Waals surface area (Å²) in [7, 11) is 0. The van der Waals surface area contributed by atoms with Crippen LogP contribution in [0.25, 0.3) is 0 Å². The van der Waals surface area contributed by atoms with Gasteiger partial charge in [0.05, 0.1) is 6.04 Å². The number of carbonyl (C=O) groups is 2. The van der Waals surface area contributed by atoms with Gasteiger partial charge in [0, 0.05) is 0 Å². The molecule has 0 aliphatic carbocycles. The molecule has 0 aliphatic rings. The molecule has 1 heterocycles. The highest BCUT2D eigenvalue weighted by Crippen LogP contribution is 2.17. The van der Waals surface area contributed by atoms with Crippen molar-refractivity contribution in [1.82, 2.24) is 5.32 Å². The number of amides is 1. The second-order valence-corrected chi connectivity index (χ2v) is 4.31. The van der Waals surface area contributed by atoms with Gasteiger partial charge in [0.1, 0.15) is 0 Å². The average molecular weight is 273 g/mol. The molecule has 1 atom stereocenters. The van der Waals surface area contributed by atoms with Crippen LogP contribution in [0.4, 0.5) is 0 Å². The molecule has 0 fully saturated rings. The predicted molar refractivity (Wildman–Crippen MR) is 72.6 cm³/mol. The number of furan rings is 1. The first-order valence-electron chi connectivity index (χ1n) is 6.30. The number of nitrogens with one attached hydrogen (secondary N) is 1. The number of carboxylic acids is 1. The van der Waals surface area contributed by atoms with Crippen molar-refractivity contribution >= 4 is 11.9 Å². The third kappa shape index (κ3) is 3.06. The van der Waals surface area contributed by atoms with Crippen LogP contribution in [0.1, 0.15) is 46.1 Å². The number of benzene rings is 1. The molecule has 5 heteroatoms. The van der Waals surface area contributed by atoms with Crippen molar-refractivity contribution in [1.29, 1.82) is 0 Å². The van der Waals surface area contributed by atoms with Crippen LogP contribution in [-0.4, -0.2) is 17.0 Å². The number of aromatic carboxylic acids is 1. The Bertz CT molecular complexity index is 603. The highest BCUT2D eigenvalue weighted by atomic mass is 16.4. The van der Waals surface area contributed by atoms with Crippen molar-refractivity contribution in [3.63, 3.8) is 0 Å². The lowest BCUT2D eigenvalue weighted by molar-refractivity contribution is 0.0659. The van der Waals surface area contributed by atoms with E-state index in [1.807, 2.05) is 37.3 Å². The summed E-state index contributed by atoms with van der Waals surface area (Å²) in [5.74, 6) is -1.87. The Morgan fingerprint density at radius 1 is 1.15 bits per heavy atom. The van der Waals surface area contributed by atoms with E-state index in [-0.39, 0.29) is 17.6 Å². The van der Waals surface area contributed by atoms with E-state index >= 15 is 0 Å². The van der Waals surface area contributed by atoms with Crippen LogP contribution in [0.3, 0.4) is 0 Å². The van der Waals surface area contributed by atoms with Gasteiger partial charge >= 0.3 is 5.97 Å². The van der Waals surface area contributed by atoms with Crippen LogP contribution in [0, 0.1) is 0 Å². The maximum absolute atomic E-state index is 12.0. The number of carbonyl (C=O) groups excluding carboxylic acids is 1. The minimum absolute atomic E-state index is 0.00298. The molecule has 2 rings (SSSR count). The van der Waals surface area contributed by atoms with Gasteiger partial charge in [-0.25, -0.2) is 4.79 Å². The molecule has 0 aliphatic heterocycles. The lowest BCUT2D eigenvalue weighted by Crippen LogP contribution is -2.27. The van der Waals surface area contributed by atoms with E-state index in [9.17, 15) is 9.59 Å². The summed E-state index contributed by atoms with van der Waals surface area (Å²) in [6, 6.07) is 12.1. The lowest BCUT2D eigenvalue weighted by Gasteiger charge is -2.16. The van der Waals surface area contributed by atoms with E-state index in [1.54, 1.807) is 0 Å². The molecule has 20 heavy (non-hydrogen) atoms.